The zero-order valence-corrected chi connectivity index (χ0v) is 8.01. The lowest BCUT2D eigenvalue weighted by atomic mass is 9.92. The van der Waals surface area contributed by atoms with E-state index in [0.29, 0.717) is 18.7 Å². The summed E-state index contributed by atoms with van der Waals surface area (Å²) in [6, 6.07) is 4.48. The van der Waals surface area contributed by atoms with Crippen LogP contribution in [0.5, 0.6) is 0 Å². The van der Waals surface area contributed by atoms with Gasteiger partial charge in [-0.3, -0.25) is 4.79 Å². The summed E-state index contributed by atoms with van der Waals surface area (Å²) in [7, 11) is 0. The fourth-order valence-corrected chi connectivity index (χ4v) is 1.59. The fourth-order valence-electron chi connectivity index (χ4n) is 1.59. The fraction of sp³-hybridized carbons (Fsp3) is 0.364. The van der Waals surface area contributed by atoms with Crippen LogP contribution in [-0.4, -0.2) is 18.9 Å². The van der Waals surface area contributed by atoms with Gasteiger partial charge in [0.25, 0.3) is 0 Å². The molecule has 1 saturated heterocycles. The summed E-state index contributed by atoms with van der Waals surface area (Å²) in [4.78, 5) is 11.7. The Morgan fingerprint density at radius 3 is 2.64 bits per heavy atom. The molecule has 0 saturated carbocycles. The van der Waals surface area contributed by atoms with E-state index in [2.05, 4.69) is 5.32 Å². The number of rotatable bonds is 2. The van der Waals surface area contributed by atoms with Crippen molar-refractivity contribution < 1.29 is 9.18 Å². The molecule has 2 nitrogen and oxygen atoms in total. The Morgan fingerprint density at radius 1 is 1.43 bits per heavy atom. The molecule has 14 heavy (non-hydrogen) atoms. The molecule has 0 spiro atoms. The largest absolute Gasteiger partial charge is 0.315 e. The summed E-state index contributed by atoms with van der Waals surface area (Å²) in [6.07, 6.45) is 0. The summed E-state index contributed by atoms with van der Waals surface area (Å²) in [6.45, 7) is 3.22. The molecule has 0 aliphatic carbocycles. The molecule has 74 valence electrons. The van der Waals surface area contributed by atoms with Crippen molar-refractivity contribution in [3.05, 3.63) is 35.1 Å². The Labute approximate surface area is 82.1 Å². The van der Waals surface area contributed by atoms with Crippen molar-refractivity contribution in [3.63, 3.8) is 0 Å². The molecule has 1 aromatic carbocycles. The molecule has 0 bridgehead atoms. The zero-order chi connectivity index (χ0) is 10.1. The molecule has 1 aliphatic heterocycles. The van der Waals surface area contributed by atoms with Crippen molar-refractivity contribution in [2.45, 2.75) is 6.92 Å². The zero-order valence-electron chi connectivity index (χ0n) is 8.01. The first-order valence-electron chi connectivity index (χ1n) is 4.69. The number of carbonyl (C=O) groups excluding carboxylic acids is 1. The number of aryl methyl sites for hydroxylation is 1. The van der Waals surface area contributed by atoms with Gasteiger partial charge in [-0.25, -0.2) is 4.39 Å². The lowest BCUT2D eigenvalue weighted by molar-refractivity contribution is 0.0877. The molecule has 1 aromatic rings. The number of hydrogen-bond donors (Lipinski definition) is 1. The Bertz CT molecular complexity index is 351. The number of benzene rings is 1. The smallest absolute Gasteiger partial charge is 0.168 e. The quantitative estimate of drug-likeness (QED) is 0.722. The van der Waals surface area contributed by atoms with Gasteiger partial charge in [-0.1, -0.05) is 0 Å². The molecule has 0 amide bonds. The normalized spacial score (nSPS) is 16.4. The van der Waals surface area contributed by atoms with Crippen LogP contribution in [-0.2, 0) is 0 Å². The lowest BCUT2D eigenvalue weighted by Gasteiger charge is -2.25. The van der Waals surface area contributed by atoms with E-state index in [0.717, 1.165) is 5.56 Å². The van der Waals surface area contributed by atoms with Crippen LogP contribution in [0.2, 0.25) is 0 Å². The standard InChI is InChI=1S/C11H12FNO/c1-7-2-8(4-10(12)3-7)11(14)9-5-13-6-9/h2-4,9,13H,5-6H2,1H3. The van der Waals surface area contributed by atoms with Gasteiger partial charge in [0.05, 0.1) is 0 Å². The van der Waals surface area contributed by atoms with Gasteiger partial charge in [-0.15, -0.1) is 0 Å². The molecule has 1 fully saturated rings. The SMILES string of the molecule is Cc1cc(F)cc(C(=O)C2CNC2)c1. The monoisotopic (exact) mass is 193 g/mol. The Kier molecular flexibility index (Phi) is 2.33. The lowest BCUT2D eigenvalue weighted by Crippen LogP contribution is -2.46. The minimum atomic E-state index is -0.333. The van der Waals surface area contributed by atoms with Crippen molar-refractivity contribution in [2.24, 2.45) is 5.92 Å². The summed E-state index contributed by atoms with van der Waals surface area (Å²) < 4.78 is 13.0. The van der Waals surface area contributed by atoms with Crippen LogP contribution < -0.4 is 5.32 Å². The van der Waals surface area contributed by atoms with Crippen LogP contribution in [0.25, 0.3) is 0 Å². The van der Waals surface area contributed by atoms with Crippen molar-refractivity contribution in [1.29, 1.82) is 0 Å². The molecule has 1 N–H and O–H groups in total. The number of halogens is 1. The van der Waals surface area contributed by atoms with E-state index in [1.807, 2.05) is 0 Å². The van der Waals surface area contributed by atoms with E-state index >= 15 is 0 Å². The molecule has 0 atom stereocenters. The summed E-state index contributed by atoms with van der Waals surface area (Å²) in [5.41, 5.74) is 1.29. The van der Waals surface area contributed by atoms with Crippen LogP contribution in [0.1, 0.15) is 15.9 Å². The highest BCUT2D eigenvalue weighted by atomic mass is 19.1. The number of hydrogen-bond acceptors (Lipinski definition) is 2. The van der Waals surface area contributed by atoms with E-state index in [9.17, 15) is 9.18 Å². The molecular formula is C11H12FNO. The van der Waals surface area contributed by atoms with Crippen LogP contribution in [0.15, 0.2) is 18.2 Å². The van der Waals surface area contributed by atoms with Gasteiger partial charge in [0, 0.05) is 24.6 Å². The molecular weight excluding hydrogens is 181 g/mol. The molecule has 0 unspecified atom stereocenters. The highest BCUT2D eigenvalue weighted by Gasteiger charge is 2.26. The average Bonchev–Trinajstić information content (AvgIpc) is 1.98. The van der Waals surface area contributed by atoms with Crippen molar-refractivity contribution >= 4 is 5.78 Å². The number of ketones is 1. The predicted octanol–water partition coefficient (Wildman–Crippen LogP) is 1.54. The van der Waals surface area contributed by atoms with Crippen LogP contribution in [0, 0.1) is 18.7 Å². The third kappa shape index (κ3) is 1.68. The van der Waals surface area contributed by atoms with Crippen molar-refractivity contribution in [3.8, 4) is 0 Å². The molecule has 1 aliphatic rings. The molecule has 2 rings (SSSR count). The van der Waals surface area contributed by atoms with E-state index in [1.165, 1.54) is 12.1 Å². The number of nitrogens with one attached hydrogen (secondary N) is 1. The van der Waals surface area contributed by atoms with Gasteiger partial charge >= 0.3 is 0 Å². The molecule has 0 aromatic heterocycles. The maximum Gasteiger partial charge on any atom is 0.168 e. The van der Waals surface area contributed by atoms with Gasteiger partial charge in [-0.2, -0.15) is 0 Å². The molecule has 0 radical (unpaired) electrons. The third-order valence-corrected chi connectivity index (χ3v) is 2.48. The van der Waals surface area contributed by atoms with Crippen LogP contribution >= 0.6 is 0 Å². The first-order valence-corrected chi connectivity index (χ1v) is 4.69. The maximum atomic E-state index is 13.0. The summed E-state index contributed by atoms with van der Waals surface area (Å²) in [5.74, 6) is -0.247. The van der Waals surface area contributed by atoms with E-state index in [-0.39, 0.29) is 17.5 Å². The van der Waals surface area contributed by atoms with Crippen LogP contribution in [0.3, 0.4) is 0 Å². The van der Waals surface area contributed by atoms with E-state index < -0.39 is 0 Å². The molecule has 1 heterocycles. The molecule has 3 heteroatoms. The summed E-state index contributed by atoms with van der Waals surface area (Å²) in [5, 5.41) is 3.03. The minimum Gasteiger partial charge on any atom is -0.315 e. The minimum absolute atomic E-state index is 0.0381. The third-order valence-electron chi connectivity index (χ3n) is 2.48. The van der Waals surface area contributed by atoms with Gasteiger partial charge < -0.3 is 5.32 Å². The Morgan fingerprint density at radius 2 is 2.14 bits per heavy atom. The Balaban J connectivity index is 2.26. The first kappa shape index (κ1) is 9.34. The van der Waals surface area contributed by atoms with Crippen molar-refractivity contribution in [1.82, 2.24) is 5.32 Å². The number of carbonyl (C=O) groups is 1. The van der Waals surface area contributed by atoms with Crippen molar-refractivity contribution in [2.75, 3.05) is 13.1 Å². The highest BCUT2D eigenvalue weighted by molar-refractivity contribution is 5.98. The second-order valence-electron chi connectivity index (χ2n) is 3.74. The maximum absolute atomic E-state index is 13.0. The predicted molar refractivity (Wildman–Crippen MR) is 51.8 cm³/mol. The van der Waals surface area contributed by atoms with Gasteiger partial charge in [0.1, 0.15) is 5.82 Å². The first-order chi connectivity index (χ1) is 6.66. The summed E-state index contributed by atoms with van der Waals surface area (Å²) >= 11 is 0. The highest BCUT2D eigenvalue weighted by Crippen LogP contribution is 2.15. The van der Waals surface area contributed by atoms with Gasteiger partial charge in [0.15, 0.2) is 5.78 Å². The van der Waals surface area contributed by atoms with Gasteiger partial charge in [0.2, 0.25) is 0 Å². The van der Waals surface area contributed by atoms with Gasteiger partial charge in [-0.05, 0) is 30.7 Å². The average molecular weight is 193 g/mol. The topological polar surface area (TPSA) is 29.1 Å². The second kappa shape index (κ2) is 3.50. The van der Waals surface area contributed by atoms with Crippen LogP contribution in [0.4, 0.5) is 4.39 Å². The number of Topliss-reactive ketones (excluding diaryl/α,β-unsaturated/α-hetero) is 1. The van der Waals surface area contributed by atoms with E-state index in [4.69, 9.17) is 0 Å². The second-order valence-corrected chi connectivity index (χ2v) is 3.74. The Hall–Kier alpha value is -1.22. The van der Waals surface area contributed by atoms with E-state index in [1.54, 1.807) is 13.0 Å².